The Hall–Kier alpha value is -2.76. The highest BCUT2D eigenvalue weighted by Crippen LogP contribution is 2.47. The fourth-order valence-electron chi connectivity index (χ4n) is 6.22. The van der Waals surface area contributed by atoms with Gasteiger partial charge in [0.1, 0.15) is 12.1 Å². The van der Waals surface area contributed by atoms with Gasteiger partial charge >= 0.3 is 0 Å². The van der Waals surface area contributed by atoms with Crippen molar-refractivity contribution in [3.05, 3.63) is 59.2 Å². The van der Waals surface area contributed by atoms with Crippen LogP contribution in [-0.4, -0.2) is 76.0 Å². The number of ether oxygens (including phenoxy) is 2. The largest absolute Gasteiger partial charge is 0.379 e. The van der Waals surface area contributed by atoms with E-state index in [2.05, 4.69) is 71.1 Å². The standard InChI is InChI=1S/C31H40N4O3/c1-35-15-12-31(13-16-35)11-9-24-7-8-25(18-28(24)31)23-5-3-22(4-6-23)17-26(19-32)34-30(36)29-20-33-14-10-27(37-2)21-38-29/h3-8,18,26-27,29,33H,9-17,20-21H2,1-2H3,(H,34,36)/t26-,27+,29-/m0/s1. The Labute approximate surface area is 226 Å². The number of hydrogen-bond donors (Lipinski definition) is 2. The third-order valence-corrected chi connectivity index (χ3v) is 8.78. The lowest BCUT2D eigenvalue weighted by molar-refractivity contribution is -0.136. The maximum absolute atomic E-state index is 12.8. The van der Waals surface area contributed by atoms with Crippen LogP contribution in [0, 0.1) is 11.3 Å². The number of amides is 1. The highest BCUT2D eigenvalue weighted by molar-refractivity contribution is 5.81. The summed E-state index contributed by atoms with van der Waals surface area (Å²) >= 11 is 0. The number of rotatable bonds is 6. The second kappa shape index (κ2) is 12.0. The van der Waals surface area contributed by atoms with Crippen LogP contribution in [0.4, 0.5) is 0 Å². The fraction of sp³-hybridized carbons (Fsp3) is 0.548. The van der Waals surface area contributed by atoms with Gasteiger partial charge < -0.3 is 25.0 Å². The lowest BCUT2D eigenvalue weighted by atomic mass is 9.73. The van der Waals surface area contributed by atoms with E-state index in [9.17, 15) is 10.1 Å². The third-order valence-electron chi connectivity index (χ3n) is 8.78. The Morgan fingerprint density at radius 1 is 1.21 bits per heavy atom. The molecular formula is C31H40N4O3. The molecule has 3 atom stereocenters. The number of fused-ring (bicyclic) bond motifs is 2. The molecule has 7 nitrogen and oxygen atoms in total. The molecule has 0 unspecified atom stereocenters. The second-order valence-electron chi connectivity index (χ2n) is 11.2. The average Bonchev–Trinajstić information content (AvgIpc) is 3.28. The lowest BCUT2D eigenvalue weighted by Gasteiger charge is -2.39. The first kappa shape index (κ1) is 26.8. The van der Waals surface area contributed by atoms with Gasteiger partial charge in [-0.15, -0.1) is 0 Å². The highest BCUT2D eigenvalue weighted by Gasteiger charge is 2.40. The summed E-state index contributed by atoms with van der Waals surface area (Å²) in [6, 6.07) is 17.0. The first-order valence-corrected chi connectivity index (χ1v) is 14.0. The van der Waals surface area contributed by atoms with E-state index < -0.39 is 12.1 Å². The van der Waals surface area contributed by atoms with Crippen LogP contribution in [0.2, 0.25) is 0 Å². The van der Waals surface area contributed by atoms with E-state index in [1.54, 1.807) is 12.7 Å². The number of hydrogen-bond acceptors (Lipinski definition) is 6. The molecule has 1 spiro atoms. The van der Waals surface area contributed by atoms with Crippen LogP contribution in [0.15, 0.2) is 42.5 Å². The quantitative estimate of drug-likeness (QED) is 0.613. The van der Waals surface area contributed by atoms with Gasteiger partial charge in [-0.05, 0) is 92.0 Å². The van der Waals surface area contributed by atoms with Crippen LogP contribution < -0.4 is 10.6 Å². The Morgan fingerprint density at radius 2 is 1.97 bits per heavy atom. The number of nitrogens with zero attached hydrogens (tertiary/aromatic N) is 2. The summed E-state index contributed by atoms with van der Waals surface area (Å²) in [7, 11) is 3.88. The number of benzene rings is 2. The number of aryl methyl sites for hydroxylation is 1. The zero-order valence-electron chi connectivity index (χ0n) is 22.7. The van der Waals surface area contributed by atoms with Crippen LogP contribution in [-0.2, 0) is 32.5 Å². The molecule has 2 fully saturated rings. The molecule has 2 aliphatic heterocycles. The van der Waals surface area contributed by atoms with Gasteiger partial charge in [-0.1, -0.05) is 42.5 Å². The molecule has 202 valence electrons. The molecular weight excluding hydrogens is 476 g/mol. The number of nitriles is 1. The van der Waals surface area contributed by atoms with Crippen LogP contribution in [0.1, 0.15) is 42.4 Å². The topological polar surface area (TPSA) is 86.6 Å². The van der Waals surface area contributed by atoms with Crippen LogP contribution in [0.25, 0.3) is 11.1 Å². The minimum atomic E-state index is -0.640. The summed E-state index contributed by atoms with van der Waals surface area (Å²) in [4.78, 5) is 15.3. The summed E-state index contributed by atoms with van der Waals surface area (Å²) in [6.45, 7) is 3.91. The van der Waals surface area contributed by atoms with E-state index in [1.165, 1.54) is 55.5 Å². The molecule has 2 N–H and O–H groups in total. The van der Waals surface area contributed by atoms with Crippen molar-refractivity contribution in [1.29, 1.82) is 5.26 Å². The molecule has 2 aromatic carbocycles. The van der Waals surface area contributed by atoms with Crippen molar-refractivity contribution in [3.63, 3.8) is 0 Å². The molecule has 2 heterocycles. The van der Waals surface area contributed by atoms with Crippen molar-refractivity contribution in [2.75, 3.05) is 46.9 Å². The molecule has 2 saturated heterocycles. The summed E-state index contributed by atoms with van der Waals surface area (Å²) in [5.41, 5.74) is 6.88. The van der Waals surface area contributed by atoms with Crippen molar-refractivity contribution in [3.8, 4) is 17.2 Å². The van der Waals surface area contributed by atoms with Gasteiger partial charge in [0.25, 0.3) is 5.91 Å². The molecule has 3 aliphatic rings. The maximum atomic E-state index is 12.8. The summed E-state index contributed by atoms with van der Waals surface area (Å²) < 4.78 is 11.2. The molecule has 1 amide bonds. The zero-order chi connectivity index (χ0) is 26.5. The number of methoxy groups -OCH3 is 1. The van der Waals surface area contributed by atoms with Gasteiger partial charge in [0.15, 0.2) is 0 Å². The SMILES string of the molecule is CO[C@@H]1CCNC[C@@H](C(=O)N[C@H](C#N)Cc2ccc(-c3ccc4c(c3)C3(CC4)CCN(C)CC3)cc2)OC1. The zero-order valence-corrected chi connectivity index (χ0v) is 22.7. The van der Waals surface area contributed by atoms with Gasteiger partial charge in [0.2, 0.25) is 0 Å². The normalized spacial score (nSPS) is 24.1. The third kappa shape index (κ3) is 5.94. The number of likely N-dealkylation sites (tertiary alicyclic amines) is 1. The fourth-order valence-corrected chi connectivity index (χ4v) is 6.22. The summed E-state index contributed by atoms with van der Waals surface area (Å²) in [5, 5.41) is 15.8. The highest BCUT2D eigenvalue weighted by atomic mass is 16.5. The Kier molecular flexibility index (Phi) is 8.45. The van der Waals surface area contributed by atoms with E-state index in [-0.39, 0.29) is 12.0 Å². The molecule has 2 aromatic rings. The van der Waals surface area contributed by atoms with Gasteiger partial charge in [0.05, 0.1) is 18.8 Å². The molecule has 7 heteroatoms. The monoisotopic (exact) mass is 516 g/mol. The van der Waals surface area contributed by atoms with E-state index in [4.69, 9.17) is 9.47 Å². The number of piperidine rings is 1. The van der Waals surface area contributed by atoms with Gasteiger partial charge in [0, 0.05) is 20.1 Å². The van der Waals surface area contributed by atoms with Crippen LogP contribution in [0.3, 0.4) is 0 Å². The average molecular weight is 517 g/mol. The Balaban J connectivity index is 1.22. The molecule has 0 bridgehead atoms. The van der Waals surface area contributed by atoms with Crippen molar-refractivity contribution in [2.45, 2.75) is 62.2 Å². The van der Waals surface area contributed by atoms with E-state index in [1.807, 2.05) is 0 Å². The predicted octanol–water partition coefficient (Wildman–Crippen LogP) is 3.21. The van der Waals surface area contributed by atoms with Gasteiger partial charge in [-0.25, -0.2) is 0 Å². The smallest absolute Gasteiger partial charge is 0.251 e. The predicted molar refractivity (Wildman–Crippen MR) is 148 cm³/mol. The maximum Gasteiger partial charge on any atom is 0.251 e. The van der Waals surface area contributed by atoms with E-state index in [0.717, 1.165) is 18.5 Å². The van der Waals surface area contributed by atoms with E-state index in [0.29, 0.717) is 25.0 Å². The lowest BCUT2D eigenvalue weighted by Crippen LogP contribution is -2.49. The van der Waals surface area contributed by atoms with Crippen LogP contribution in [0.5, 0.6) is 0 Å². The number of carbonyl (C=O) groups is 1. The Bertz CT molecular complexity index is 1150. The van der Waals surface area contributed by atoms with Crippen molar-refractivity contribution < 1.29 is 14.3 Å². The first-order valence-electron chi connectivity index (χ1n) is 14.0. The molecule has 0 aromatic heterocycles. The molecule has 5 rings (SSSR count). The first-order chi connectivity index (χ1) is 18.5. The molecule has 0 saturated carbocycles. The van der Waals surface area contributed by atoms with Gasteiger partial charge in [-0.2, -0.15) is 5.26 Å². The molecule has 0 radical (unpaired) electrons. The second-order valence-corrected chi connectivity index (χ2v) is 11.2. The molecule has 38 heavy (non-hydrogen) atoms. The molecule has 1 aliphatic carbocycles. The van der Waals surface area contributed by atoms with Crippen molar-refractivity contribution >= 4 is 5.91 Å². The Morgan fingerprint density at radius 3 is 2.71 bits per heavy atom. The number of nitrogens with one attached hydrogen (secondary N) is 2. The van der Waals surface area contributed by atoms with Crippen molar-refractivity contribution in [1.82, 2.24) is 15.5 Å². The van der Waals surface area contributed by atoms with E-state index >= 15 is 0 Å². The summed E-state index contributed by atoms with van der Waals surface area (Å²) in [5.74, 6) is -0.265. The minimum absolute atomic E-state index is 0.0380. The minimum Gasteiger partial charge on any atom is -0.379 e. The van der Waals surface area contributed by atoms with Gasteiger partial charge in [-0.3, -0.25) is 4.79 Å². The summed E-state index contributed by atoms with van der Waals surface area (Å²) in [6.07, 6.45) is 5.56. The van der Waals surface area contributed by atoms with Crippen molar-refractivity contribution in [2.24, 2.45) is 0 Å². The number of carbonyl (C=O) groups excluding carboxylic acids is 1. The van der Waals surface area contributed by atoms with Crippen LogP contribution >= 0.6 is 0 Å².